The Bertz CT molecular complexity index is 519. The van der Waals surface area contributed by atoms with Crippen molar-refractivity contribution < 1.29 is 9.13 Å². The summed E-state index contributed by atoms with van der Waals surface area (Å²) in [6.07, 6.45) is 4.12. The standard InChI is InChI=1S/C16H21FN2O/c1-20-11-4-2-3-10(15(11)17)16(19-18)14-12-8-5-6-9(7-8)13(12)14/h2-4,8-9,12-14,16,19H,5-7,18H2,1H3. The van der Waals surface area contributed by atoms with Gasteiger partial charge in [-0.25, -0.2) is 4.39 Å². The van der Waals surface area contributed by atoms with E-state index in [1.165, 1.54) is 26.4 Å². The molecule has 3 nitrogen and oxygen atoms in total. The molecule has 5 unspecified atom stereocenters. The predicted molar refractivity (Wildman–Crippen MR) is 74.3 cm³/mol. The molecule has 5 atom stereocenters. The second-order valence-corrected chi connectivity index (χ2v) is 6.57. The normalized spacial score (nSPS) is 38.6. The largest absolute Gasteiger partial charge is 0.494 e. The van der Waals surface area contributed by atoms with Crippen molar-refractivity contribution in [2.75, 3.05) is 7.11 Å². The average Bonchev–Trinajstić information content (AvgIpc) is 2.89. The average molecular weight is 276 g/mol. The smallest absolute Gasteiger partial charge is 0.169 e. The minimum atomic E-state index is -0.268. The van der Waals surface area contributed by atoms with Gasteiger partial charge < -0.3 is 4.74 Å². The fraction of sp³-hybridized carbons (Fsp3) is 0.625. The highest BCUT2D eigenvalue weighted by Crippen LogP contribution is 2.72. The minimum Gasteiger partial charge on any atom is -0.494 e. The number of nitrogens with one attached hydrogen (secondary N) is 1. The van der Waals surface area contributed by atoms with Gasteiger partial charge in [-0.3, -0.25) is 11.3 Å². The summed E-state index contributed by atoms with van der Waals surface area (Å²) in [4.78, 5) is 0. The number of halogens is 1. The summed E-state index contributed by atoms with van der Waals surface area (Å²) in [5.41, 5.74) is 3.53. The van der Waals surface area contributed by atoms with Crippen molar-refractivity contribution in [1.29, 1.82) is 0 Å². The lowest BCUT2D eigenvalue weighted by Crippen LogP contribution is -2.32. The van der Waals surface area contributed by atoms with Crippen LogP contribution in [-0.2, 0) is 0 Å². The molecule has 0 aromatic heterocycles. The molecule has 0 radical (unpaired) electrons. The maximum atomic E-state index is 14.5. The van der Waals surface area contributed by atoms with Crippen LogP contribution < -0.4 is 16.0 Å². The fourth-order valence-electron chi connectivity index (χ4n) is 5.17. The number of rotatable bonds is 4. The molecule has 108 valence electrons. The van der Waals surface area contributed by atoms with Gasteiger partial charge in [-0.1, -0.05) is 12.1 Å². The van der Waals surface area contributed by atoms with Crippen LogP contribution in [0.3, 0.4) is 0 Å². The first kappa shape index (κ1) is 12.6. The van der Waals surface area contributed by atoms with Crippen molar-refractivity contribution in [3.63, 3.8) is 0 Å². The zero-order valence-electron chi connectivity index (χ0n) is 11.7. The van der Waals surface area contributed by atoms with Crippen molar-refractivity contribution in [3.8, 4) is 5.75 Å². The van der Waals surface area contributed by atoms with Gasteiger partial charge in [-0.2, -0.15) is 0 Å². The maximum absolute atomic E-state index is 14.5. The van der Waals surface area contributed by atoms with E-state index in [0.29, 0.717) is 17.2 Å². The summed E-state index contributed by atoms with van der Waals surface area (Å²) in [5, 5.41) is 0. The van der Waals surface area contributed by atoms with E-state index < -0.39 is 0 Å². The molecule has 0 amide bonds. The van der Waals surface area contributed by atoms with Gasteiger partial charge in [0.1, 0.15) is 0 Å². The van der Waals surface area contributed by atoms with Gasteiger partial charge in [0.15, 0.2) is 11.6 Å². The van der Waals surface area contributed by atoms with Gasteiger partial charge in [-0.05, 0) is 54.9 Å². The molecule has 20 heavy (non-hydrogen) atoms. The van der Waals surface area contributed by atoms with Crippen LogP contribution >= 0.6 is 0 Å². The number of nitrogens with two attached hydrogens (primary N) is 1. The predicted octanol–water partition coefficient (Wildman–Crippen LogP) is 2.63. The van der Waals surface area contributed by atoms with Gasteiger partial charge in [0.2, 0.25) is 0 Å². The number of ether oxygens (including phenoxy) is 1. The molecule has 3 aliphatic rings. The summed E-state index contributed by atoms with van der Waals surface area (Å²) in [7, 11) is 1.50. The van der Waals surface area contributed by atoms with E-state index >= 15 is 0 Å². The first-order chi connectivity index (χ1) is 9.76. The zero-order chi connectivity index (χ0) is 13.9. The Morgan fingerprint density at radius 1 is 1.30 bits per heavy atom. The third-order valence-corrected chi connectivity index (χ3v) is 5.91. The van der Waals surface area contributed by atoms with Crippen LogP contribution in [0.4, 0.5) is 4.39 Å². The lowest BCUT2D eigenvalue weighted by atomic mass is 9.93. The summed E-state index contributed by atoms with van der Waals surface area (Å²) in [5.74, 6) is 9.55. The highest BCUT2D eigenvalue weighted by atomic mass is 19.1. The number of methoxy groups -OCH3 is 1. The fourth-order valence-corrected chi connectivity index (χ4v) is 5.17. The Balaban J connectivity index is 1.64. The van der Waals surface area contributed by atoms with E-state index in [1.54, 1.807) is 6.07 Å². The molecule has 1 aromatic rings. The van der Waals surface area contributed by atoms with Gasteiger partial charge in [0.05, 0.1) is 13.2 Å². The number of hydrazine groups is 1. The molecule has 3 N–H and O–H groups in total. The molecule has 2 bridgehead atoms. The molecule has 3 aliphatic carbocycles. The SMILES string of the molecule is COc1cccc(C(NN)C2C3C4CCC(C4)C32)c1F. The first-order valence-electron chi connectivity index (χ1n) is 7.54. The molecule has 0 saturated heterocycles. The van der Waals surface area contributed by atoms with Crippen molar-refractivity contribution in [3.05, 3.63) is 29.6 Å². The highest BCUT2D eigenvalue weighted by molar-refractivity contribution is 5.35. The van der Waals surface area contributed by atoms with Crippen LogP contribution in [0.1, 0.15) is 30.9 Å². The second-order valence-electron chi connectivity index (χ2n) is 6.57. The monoisotopic (exact) mass is 276 g/mol. The van der Waals surface area contributed by atoms with Crippen molar-refractivity contribution >= 4 is 0 Å². The quantitative estimate of drug-likeness (QED) is 0.656. The summed E-state index contributed by atoms with van der Waals surface area (Å²) >= 11 is 0. The summed E-state index contributed by atoms with van der Waals surface area (Å²) < 4.78 is 19.5. The van der Waals surface area contributed by atoms with Crippen LogP contribution in [0.2, 0.25) is 0 Å². The number of hydrogen-bond acceptors (Lipinski definition) is 3. The second kappa shape index (κ2) is 4.43. The molecule has 3 saturated carbocycles. The van der Waals surface area contributed by atoms with E-state index in [-0.39, 0.29) is 11.9 Å². The van der Waals surface area contributed by atoms with Crippen LogP contribution in [0, 0.1) is 35.4 Å². The van der Waals surface area contributed by atoms with Crippen LogP contribution in [0.5, 0.6) is 5.75 Å². The number of benzene rings is 1. The first-order valence-corrected chi connectivity index (χ1v) is 7.54. The lowest BCUT2D eigenvalue weighted by molar-refractivity contribution is 0.351. The van der Waals surface area contributed by atoms with Gasteiger partial charge in [-0.15, -0.1) is 0 Å². The van der Waals surface area contributed by atoms with Gasteiger partial charge in [0, 0.05) is 5.56 Å². The van der Waals surface area contributed by atoms with E-state index in [4.69, 9.17) is 10.6 Å². The van der Waals surface area contributed by atoms with Crippen molar-refractivity contribution in [2.45, 2.75) is 25.3 Å². The van der Waals surface area contributed by atoms with Crippen molar-refractivity contribution in [1.82, 2.24) is 5.43 Å². The molecule has 0 spiro atoms. The molecule has 4 rings (SSSR count). The van der Waals surface area contributed by atoms with E-state index in [0.717, 1.165) is 23.7 Å². The van der Waals surface area contributed by atoms with E-state index in [2.05, 4.69) is 5.43 Å². The molecule has 1 aromatic carbocycles. The Hall–Kier alpha value is -1.13. The molecule has 4 heteroatoms. The molecule has 0 aliphatic heterocycles. The van der Waals surface area contributed by atoms with Gasteiger partial charge in [0.25, 0.3) is 0 Å². The Kier molecular flexibility index (Phi) is 2.79. The molecule has 0 heterocycles. The lowest BCUT2D eigenvalue weighted by Gasteiger charge is -2.21. The number of hydrogen-bond donors (Lipinski definition) is 2. The third kappa shape index (κ3) is 1.58. The third-order valence-electron chi connectivity index (χ3n) is 5.91. The minimum absolute atomic E-state index is 0.0801. The molecule has 3 fully saturated rings. The topological polar surface area (TPSA) is 47.3 Å². The number of fused-ring (bicyclic) bond motifs is 5. The Morgan fingerprint density at radius 2 is 2.00 bits per heavy atom. The summed E-state index contributed by atoms with van der Waals surface area (Å²) in [6.45, 7) is 0. The molecular weight excluding hydrogens is 255 g/mol. The Morgan fingerprint density at radius 3 is 2.60 bits per heavy atom. The summed E-state index contributed by atoms with van der Waals surface area (Å²) in [6, 6.07) is 5.25. The van der Waals surface area contributed by atoms with Gasteiger partial charge >= 0.3 is 0 Å². The van der Waals surface area contributed by atoms with E-state index in [9.17, 15) is 4.39 Å². The molecular formula is C16H21FN2O. The van der Waals surface area contributed by atoms with Crippen LogP contribution in [0.15, 0.2) is 18.2 Å². The Labute approximate surface area is 118 Å². The maximum Gasteiger partial charge on any atom is 0.169 e. The van der Waals surface area contributed by atoms with Crippen molar-refractivity contribution in [2.24, 2.45) is 35.4 Å². The highest BCUT2D eigenvalue weighted by Gasteiger charge is 2.66. The van der Waals surface area contributed by atoms with Crippen LogP contribution in [0.25, 0.3) is 0 Å². The zero-order valence-corrected chi connectivity index (χ0v) is 11.7. The van der Waals surface area contributed by atoms with E-state index in [1.807, 2.05) is 12.1 Å². The van der Waals surface area contributed by atoms with Crippen LogP contribution in [-0.4, -0.2) is 7.11 Å².